The molecule has 19 heavy (non-hydrogen) atoms. The molecule has 0 aliphatic rings. The van der Waals surface area contributed by atoms with E-state index in [4.69, 9.17) is 0 Å². The SMILES string of the molecule is CNc1cc(S(=O)(=O)N(C)c2cccnc2)ccn1. The zero-order chi connectivity index (χ0) is 13.9. The van der Waals surface area contributed by atoms with Crippen LogP contribution in [0.2, 0.25) is 0 Å². The molecule has 6 nitrogen and oxygen atoms in total. The van der Waals surface area contributed by atoms with Crippen LogP contribution in [0.4, 0.5) is 11.5 Å². The summed E-state index contributed by atoms with van der Waals surface area (Å²) in [7, 11) is -0.435. The molecule has 7 heteroatoms. The molecule has 2 aromatic heterocycles. The van der Waals surface area contributed by atoms with E-state index in [1.807, 2.05) is 0 Å². The van der Waals surface area contributed by atoms with E-state index in [9.17, 15) is 8.42 Å². The van der Waals surface area contributed by atoms with Crippen LogP contribution in [0.15, 0.2) is 47.8 Å². The lowest BCUT2D eigenvalue weighted by Gasteiger charge is -2.19. The number of anilines is 2. The minimum atomic E-state index is -3.61. The highest BCUT2D eigenvalue weighted by molar-refractivity contribution is 7.92. The second kappa shape index (κ2) is 5.23. The number of hydrogen-bond donors (Lipinski definition) is 1. The molecule has 2 heterocycles. The van der Waals surface area contributed by atoms with Crippen molar-refractivity contribution in [2.45, 2.75) is 4.90 Å². The molecular formula is C12H14N4O2S. The lowest BCUT2D eigenvalue weighted by atomic mass is 10.4. The minimum absolute atomic E-state index is 0.179. The average Bonchev–Trinajstić information content (AvgIpc) is 2.47. The topological polar surface area (TPSA) is 75.2 Å². The number of hydrogen-bond acceptors (Lipinski definition) is 5. The summed E-state index contributed by atoms with van der Waals surface area (Å²) in [6.07, 6.45) is 4.54. The molecule has 0 radical (unpaired) electrons. The smallest absolute Gasteiger partial charge is 0.264 e. The summed E-state index contributed by atoms with van der Waals surface area (Å²) < 4.78 is 26.1. The minimum Gasteiger partial charge on any atom is -0.373 e. The maximum atomic E-state index is 12.4. The first-order valence-electron chi connectivity index (χ1n) is 5.58. The van der Waals surface area contributed by atoms with Gasteiger partial charge in [-0.15, -0.1) is 0 Å². The largest absolute Gasteiger partial charge is 0.373 e. The van der Waals surface area contributed by atoms with Crippen molar-refractivity contribution in [3.05, 3.63) is 42.9 Å². The van der Waals surface area contributed by atoms with E-state index in [-0.39, 0.29) is 4.90 Å². The molecule has 0 aliphatic heterocycles. The summed E-state index contributed by atoms with van der Waals surface area (Å²) in [6.45, 7) is 0. The van der Waals surface area contributed by atoms with Crippen LogP contribution in [0.5, 0.6) is 0 Å². The number of aromatic nitrogens is 2. The van der Waals surface area contributed by atoms with Crippen LogP contribution in [0.3, 0.4) is 0 Å². The van der Waals surface area contributed by atoms with E-state index in [0.717, 1.165) is 0 Å². The van der Waals surface area contributed by atoms with E-state index in [0.29, 0.717) is 11.5 Å². The average molecular weight is 278 g/mol. The molecule has 2 rings (SSSR count). The van der Waals surface area contributed by atoms with Crippen LogP contribution in [-0.4, -0.2) is 32.5 Å². The van der Waals surface area contributed by atoms with Crippen molar-refractivity contribution in [1.29, 1.82) is 0 Å². The highest BCUT2D eigenvalue weighted by Gasteiger charge is 2.21. The van der Waals surface area contributed by atoms with Crippen LogP contribution >= 0.6 is 0 Å². The molecule has 0 spiro atoms. The molecule has 0 fully saturated rings. The Morgan fingerprint density at radius 2 is 2.05 bits per heavy atom. The first kappa shape index (κ1) is 13.3. The standard InChI is InChI=1S/C12H14N4O2S/c1-13-12-8-11(5-7-15-12)19(17,18)16(2)10-4-3-6-14-9-10/h3-9H,1-2H3,(H,13,15). The zero-order valence-corrected chi connectivity index (χ0v) is 11.4. The Morgan fingerprint density at radius 3 is 2.68 bits per heavy atom. The Hall–Kier alpha value is -2.15. The summed E-state index contributed by atoms with van der Waals surface area (Å²) in [5.41, 5.74) is 0.505. The van der Waals surface area contributed by atoms with Gasteiger partial charge in [-0.1, -0.05) is 0 Å². The first-order valence-corrected chi connectivity index (χ1v) is 7.02. The Kier molecular flexibility index (Phi) is 3.66. The normalized spacial score (nSPS) is 11.1. The highest BCUT2D eigenvalue weighted by Crippen LogP contribution is 2.21. The van der Waals surface area contributed by atoms with Crippen LogP contribution in [0, 0.1) is 0 Å². The van der Waals surface area contributed by atoms with Gasteiger partial charge in [0.2, 0.25) is 0 Å². The van der Waals surface area contributed by atoms with Crippen molar-refractivity contribution >= 4 is 21.5 Å². The lowest BCUT2D eigenvalue weighted by molar-refractivity contribution is 0.594. The number of pyridine rings is 2. The summed E-state index contributed by atoms with van der Waals surface area (Å²) in [4.78, 5) is 8.09. The molecule has 0 unspecified atom stereocenters. The van der Waals surface area contributed by atoms with E-state index >= 15 is 0 Å². The van der Waals surface area contributed by atoms with Gasteiger partial charge in [0.1, 0.15) is 5.82 Å². The second-order valence-electron chi connectivity index (χ2n) is 3.81. The molecule has 0 amide bonds. The van der Waals surface area contributed by atoms with Crippen LogP contribution in [0.1, 0.15) is 0 Å². The number of nitrogens with zero attached hydrogens (tertiary/aromatic N) is 3. The van der Waals surface area contributed by atoms with Gasteiger partial charge in [0, 0.05) is 32.6 Å². The molecule has 0 saturated carbocycles. The van der Waals surface area contributed by atoms with E-state index in [1.54, 1.807) is 25.4 Å². The summed E-state index contributed by atoms with van der Waals surface area (Å²) in [5, 5.41) is 2.81. The summed E-state index contributed by atoms with van der Waals surface area (Å²) in [6, 6.07) is 6.32. The van der Waals surface area contributed by atoms with Crippen LogP contribution in [-0.2, 0) is 10.0 Å². The highest BCUT2D eigenvalue weighted by atomic mass is 32.2. The lowest BCUT2D eigenvalue weighted by Crippen LogP contribution is -2.26. The predicted octanol–water partition coefficient (Wildman–Crippen LogP) is 1.34. The second-order valence-corrected chi connectivity index (χ2v) is 5.78. The number of rotatable bonds is 4. The van der Waals surface area contributed by atoms with Gasteiger partial charge >= 0.3 is 0 Å². The fraction of sp³-hybridized carbons (Fsp3) is 0.167. The molecule has 0 aromatic carbocycles. The van der Waals surface area contributed by atoms with Crippen molar-refractivity contribution in [2.75, 3.05) is 23.7 Å². The van der Waals surface area contributed by atoms with E-state index in [1.165, 1.54) is 35.9 Å². The molecule has 2 aromatic rings. The molecule has 0 saturated heterocycles. The maximum absolute atomic E-state index is 12.4. The Balaban J connectivity index is 2.42. The van der Waals surface area contributed by atoms with Gasteiger partial charge in [-0.2, -0.15) is 0 Å². The Bertz CT molecular complexity index is 658. The van der Waals surface area contributed by atoms with Gasteiger partial charge in [0.25, 0.3) is 10.0 Å². The molecule has 1 N–H and O–H groups in total. The fourth-order valence-electron chi connectivity index (χ4n) is 1.55. The maximum Gasteiger partial charge on any atom is 0.264 e. The molecule has 0 aliphatic carbocycles. The first-order chi connectivity index (χ1) is 9.05. The van der Waals surface area contributed by atoms with E-state index in [2.05, 4.69) is 15.3 Å². The van der Waals surface area contributed by atoms with Gasteiger partial charge < -0.3 is 5.32 Å². The molecule has 0 atom stereocenters. The van der Waals surface area contributed by atoms with Crippen molar-refractivity contribution in [2.24, 2.45) is 0 Å². The quantitative estimate of drug-likeness (QED) is 0.913. The number of nitrogens with one attached hydrogen (secondary N) is 1. The Labute approximate surface area is 112 Å². The zero-order valence-electron chi connectivity index (χ0n) is 10.6. The fourth-order valence-corrected chi connectivity index (χ4v) is 2.74. The monoisotopic (exact) mass is 278 g/mol. The molecular weight excluding hydrogens is 264 g/mol. The van der Waals surface area contributed by atoms with E-state index < -0.39 is 10.0 Å². The van der Waals surface area contributed by atoms with Crippen molar-refractivity contribution in [3.63, 3.8) is 0 Å². The van der Waals surface area contributed by atoms with Gasteiger partial charge in [0.05, 0.1) is 16.8 Å². The van der Waals surface area contributed by atoms with Gasteiger partial charge in [-0.05, 0) is 18.2 Å². The van der Waals surface area contributed by atoms with Crippen LogP contribution in [0.25, 0.3) is 0 Å². The van der Waals surface area contributed by atoms with Crippen LogP contribution < -0.4 is 9.62 Å². The third-order valence-electron chi connectivity index (χ3n) is 2.66. The molecule has 100 valence electrons. The van der Waals surface area contributed by atoms with Crippen molar-refractivity contribution < 1.29 is 8.42 Å². The van der Waals surface area contributed by atoms with Gasteiger partial charge in [-0.3, -0.25) is 9.29 Å². The van der Waals surface area contributed by atoms with Gasteiger partial charge in [0.15, 0.2) is 0 Å². The summed E-state index contributed by atoms with van der Waals surface area (Å²) in [5.74, 6) is 0.501. The number of sulfonamides is 1. The molecule has 0 bridgehead atoms. The third-order valence-corrected chi connectivity index (χ3v) is 4.44. The summed E-state index contributed by atoms with van der Waals surface area (Å²) >= 11 is 0. The van der Waals surface area contributed by atoms with Crippen molar-refractivity contribution in [3.8, 4) is 0 Å². The van der Waals surface area contributed by atoms with Crippen molar-refractivity contribution in [1.82, 2.24) is 9.97 Å². The predicted molar refractivity (Wildman–Crippen MR) is 73.6 cm³/mol. The third kappa shape index (κ3) is 2.65. The Morgan fingerprint density at radius 1 is 1.26 bits per heavy atom. The van der Waals surface area contributed by atoms with Gasteiger partial charge in [-0.25, -0.2) is 13.4 Å².